The van der Waals surface area contributed by atoms with Crippen LogP contribution in [0.1, 0.15) is 17.1 Å². The van der Waals surface area contributed by atoms with Crippen LogP contribution in [0.15, 0.2) is 17.5 Å². The second-order valence-electron chi connectivity index (χ2n) is 2.75. The fourth-order valence-electron chi connectivity index (χ4n) is 1.00. The molecule has 1 rings (SSSR count). The molecular weight excluding hydrogens is 208 g/mol. The van der Waals surface area contributed by atoms with E-state index in [0.717, 1.165) is 4.88 Å². The van der Waals surface area contributed by atoms with Crippen LogP contribution in [0, 0.1) is 0 Å². The standard InChI is InChI=1S/C8H12O3S2/c1-7(8-3-2-5-12-8)13(10,11)6-4-9/h2-3,5,7,9H,4,6H2,1H3/t7-/m1/s1. The molecule has 0 aliphatic carbocycles. The van der Waals surface area contributed by atoms with E-state index in [9.17, 15) is 8.42 Å². The molecule has 1 atom stereocenters. The van der Waals surface area contributed by atoms with Crippen molar-refractivity contribution in [3.63, 3.8) is 0 Å². The van der Waals surface area contributed by atoms with E-state index in [1.807, 2.05) is 11.4 Å². The minimum atomic E-state index is -3.17. The highest BCUT2D eigenvalue weighted by Gasteiger charge is 2.22. The zero-order valence-electron chi connectivity index (χ0n) is 7.30. The van der Waals surface area contributed by atoms with Gasteiger partial charge < -0.3 is 5.11 Å². The summed E-state index contributed by atoms with van der Waals surface area (Å²) in [7, 11) is -3.17. The minimum absolute atomic E-state index is 0.161. The van der Waals surface area contributed by atoms with Gasteiger partial charge in [-0.3, -0.25) is 0 Å². The summed E-state index contributed by atoms with van der Waals surface area (Å²) in [6.07, 6.45) is 0. The molecule has 1 heterocycles. The molecule has 0 aliphatic rings. The zero-order valence-corrected chi connectivity index (χ0v) is 8.94. The summed E-state index contributed by atoms with van der Waals surface area (Å²) in [6, 6.07) is 3.62. The molecule has 3 nitrogen and oxygen atoms in total. The van der Waals surface area contributed by atoms with E-state index in [1.54, 1.807) is 13.0 Å². The molecule has 5 heteroatoms. The van der Waals surface area contributed by atoms with E-state index in [2.05, 4.69) is 0 Å². The van der Waals surface area contributed by atoms with Crippen molar-refractivity contribution < 1.29 is 13.5 Å². The quantitative estimate of drug-likeness (QED) is 0.830. The summed E-state index contributed by atoms with van der Waals surface area (Å²) in [5.74, 6) is -0.161. The smallest absolute Gasteiger partial charge is 0.160 e. The fraction of sp³-hybridized carbons (Fsp3) is 0.500. The maximum absolute atomic E-state index is 11.5. The molecule has 0 aliphatic heterocycles. The summed E-state index contributed by atoms with van der Waals surface area (Å²) < 4.78 is 23.0. The Morgan fingerprint density at radius 3 is 2.77 bits per heavy atom. The molecule has 13 heavy (non-hydrogen) atoms. The van der Waals surface area contributed by atoms with Gasteiger partial charge >= 0.3 is 0 Å². The van der Waals surface area contributed by atoms with Crippen molar-refractivity contribution in [3.05, 3.63) is 22.4 Å². The summed E-state index contributed by atoms with van der Waals surface area (Å²) >= 11 is 1.42. The summed E-state index contributed by atoms with van der Waals surface area (Å²) in [5, 5.41) is 9.92. The van der Waals surface area contributed by atoms with Crippen molar-refractivity contribution >= 4 is 21.2 Å². The molecule has 0 saturated carbocycles. The van der Waals surface area contributed by atoms with Gasteiger partial charge in [0.1, 0.15) is 0 Å². The van der Waals surface area contributed by atoms with Crippen LogP contribution < -0.4 is 0 Å². The minimum Gasteiger partial charge on any atom is -0.395 e. The third kappa shape index (κ3) is 2.52. The third-order valence-electron chi connectivity index (χ3n) is 1.86. The van der Waals surface area contributed by atoms with Crippen LogP contribution in [-0.2, 0) is 9.84 Å². The van der Waals surface area contributed by atoms with Gasteiger partial charge in [0.2, 0.25) is 0 Å². The summed E-state index contributed by atoms with van der Waals surface area (Å²) in [5.41, 5.74) is 0. The van der Waals surface area contributed by atoms with Crippen molar-refractivity contribution in [1.82, 2.24) is 0 Å². The predicted octanol–water partition coefficient (Wildman–Crippen LogP) is 1.22. The zero-order chi connectivity index (χ0) is 9.90. The Morgan fingerprint density at radius 1 is 1.62 bits per heavy atom. The molecule has 0 spiro atoms. The first-order chi connectivity index (χ1) is 6.08. The molecule has 0 unspecified atom stereocenters. The van der Waals surface area contributed by atoms with E-state index in [-0.39, 0.29) is 12.4 Å². The normalized spacial score (nSPS) is 14.3. The van der Waals surface area contributed by atoms with Gasteiger partial charge in [0.15, 0.2) is 9.84 Å². The Kier molecular flexibility index (Phi) is 3.47. The first kappa shape index (κ1) is 10.7. The predicted molar refractivity (Wildman–Crippen MR) is 53.6 cm³/mol. The van der Waals surface area contributed by atoms with Crippen LogP contribution in [0.4, 0.5) is 0 Å². The molecule has 1 aromatic heterocycles. The number of rotatable bonds is 4. The van der Waals surface area contributed by atoms with Crippen LogP contribution in [-0.4, -0.2) is 25.9 Å². The van der Waals surface area contributed by atoms with Gasteiger partial charge in [-0.1, -0.05) is 6.07 Å². The van der Waals surface area contributed by atoms with Gasteiger partial charge in [-0.25, -0.2) is 8.42 Å². The lowest BCUT2D eigenvalue weighted by Gasteiger charge is -2.09. The summed E-state index contributed by atoms with van der Waals surface area (Å²) in [6.45, 7) is 1.34. The highest BCUT2D eigenvalue weighted by Crippen LogP contribution is 2.26. The first-order valence-electron chi connectivity index (χ1n) is 3.94. The van der Waals surface area contributed by atoms with Crippen LogP contribution in [0.3, 0.4) is 0 Å². The Bertz CT molecular complexity index is 339. The van der Waals surface area contributed by atoms with Gasteiger partial charge in [-0.2, -0.15) is 0 Å². The number of sulfone groups is 1. The van der Waals surface area contributed by atoms with Gasteiger partial charge in [-0.15, -0.1) is 11.3 Å². The highest BCUT2D eigenvalue weighted by molar-refractivity contribution is 7.91. The van der Waals surface area contributed by atoms with Gasteiger partial charge in [0.25, 0.3) is 0 Å². The lowest BCUT2D eigenvalue weighted by atomic mass is 10.4. The molecule has 74 valence electrons. The molecule has 0 radical (unpaired) electrons. The SMILES string of the molecule is C[C@H](c1cccs1)S(=O)(=O)CCO. The molecule has 0 amide bonds. The number of hydrogen-bond donors (Lipinski definition) is 1. The number of aliphatic hydroxyl groups excluding tert-OH is 1. The largest absolute Gasteiger partial charge is 0.395 e. The van der Waals surface area contributed by atoms with E-state index < -0.39 is 15.1 Å². The average molecular weight is 220 g/mol. The second kappa shape index (κ2) is 4.21. The van der Waals surface area contributed by atoms with Crippen molar-refractivity contribution in [2.24, 2.45) is 0 Å². The number of thiophene rings is 1. The molecular formula is C8H12O3S2. The lowest BCUT2D eigenvalue weighted by Crippen LogP contribution is -2.15. The van der Waals surface area contributed by atoms with Crippen molar-refractivity contribution in [2.75, 3.05) is 12.4 Å². The van der Waals surface area contributed by atoms with Crippen molar-refractivity contribution in [3.8, 4) is 0 Å². The molecule has 0 fully saturated rings. The number of hydrogen-bond acceptors (Lipinski definition) is 4. The maximum Gasteiger partial charge on any atom is 0.160 e. The highest BCUT2D eigenvalue weighted by atomic mass is 32.2. The molecule has 0 bridgehead atoms. The molecule has 0 aromatic carbocycles. The molecule has 1 N–H and O–H groups in total. The van der Waals surface area contributed by atoms with E-state index in [4.69, 9.17) is 5.11 Å². The van der Waals surface area contributed by atoms with Gasteiger partial charge in [-0.05, 0) is 18.4 Å². The third-order valence-corrected chi connectivity index (χ3v) is 5.15. The van der Waals surface area contributed by atoms with E-state index >= 15 is 0 Å². The van der Waals surface area contributed by atoms with Gasteiger partial charge in [0, 0.05) is 4.88 Å². The topological polar surface area (TPSA) is 54.4 Å². The van der Waals surface area contributed by atoms with Crippen LogP contribution in [0.25, 0.3) is 0 Å². The van der Waals surface area contributed by atoms with E-state index in [1.165, 1.54) is 11.3 Å². The van der Waals surface area contributed by atoms with Gasteiger partial charge in [0.05, 0.1) is 17.6 Å². The van der Waals surface area contributed by atoms with Crippen molar-refractivity contribution in [2.45, 2.75) is 12.2 Å². The monoisotopic (exact) mass is 220 g/mol. The first-order valence-corrected chi connectivity index (χ1v) is 6.53. The van der Waals surface area contributed by atoms with Crippen LogP contribution in [0.5, 0.6) is 0 Å². The van der Waals surface area contributed by atoms with Crippen LogP contribution >= 0.6 is 11.3 Å². The Hall–Kier alpha value is -0.390. The Labute approximate surface area is 82.0 Å². The lowest BCUT2D eigenvalue weighted by molar-refractivity contribution is 0.319. The number of aliphatic hydroxyl groups is 1. The Balaban J connectivity index is 2.85. The second-order valence-corrected chi connectivity index (χ2v) is 6.17. The molecule has 1 aromatic rings. The van der Waals surface area contributed by atoms with Crippen LogP contribution in [0.2, 0.25) is 0 Å². The maximum atomic E-state index is 11.5. The van der Waals surface area contributed by atoms with E-state index in [0.29, 0.717) is 0 Å². The fourth-order valence-corrected chi connectivity index (χ4v) is 3.31. The average Bonchev–Trinajstić information content (AvgIpc) is 2.54. The van der Waals surface area contributed by atoms with Crippen molar-refractivity contribution in [1.29, 1.82) is 0 Å². The summed E-state index contributed by atoms with van der Waals surface area (Å²) in [4.78, 5) is 0.827. The molecule has 0 saturated heterocycles. The Morgan fingerprint density at radius 2 is 2.31 bits per heavy atom.